The summed E-state index contributed by atoms with van der Waals surface area (Å²) in [4.78, 5) is 24.4. The number of carboxylic acids is 1. The van der Waals surface area contributed by atoms with Crippen molar-refractivity contribution in [3.63, 3.8) is 0 Å². The van der Waals surface area contributed by atoms with E-state index in [2.05, 4.69) is 15.9 Å². The van der Waals surface area contributed by atoms with Crippen molar-refractivity contribution in [3.05, 3.63) is 34.3 Å². The Hall–Kier alpha value is -1.40. The highest BCUT2D eigenvalue weighted by molar-refractivity contribution is 9.10. The molecule has 5 nitrogen and oxygen atoms in total. The summed E-state index contributed by atoms with van der Waals surface area (Å²) in [7, 11) is 0. The Morgan fingerprint density at radius 2 is 2.14 bits per heavy atom. The molecule has 6 heteroatoms. The van der Waals surface area contributed by atoms with Gasteiger partial charge in [0.25, 0.3) is 0 Å². The summed E-state index contributed by atoms with van der Waals surface area (Å²) < 4.78 is 6.09. The molecular formula is C15H20BrNO4. The van der Waals surface area contributed by atoms with Crippen molar-refractivity contribution < 1.29 is 19.4 Å². The summed E-state index contributed by atoms with van der Waals surface area (Å²) >= 11 is 3.36. The van der Waals surface area contributed by atoms with Gasteiger partial charge in [-0.3, -0.25) is 9.59 Å². The van der Waals surface area contributed by atoms with Gasteiger partial charge in [-0.15, -0.1) is 0 Å². The molecule has 1 N–H and O–H groups in total. The molecule has 1 rings (SSSR count). The highest BCUT2D eigenvalue weighted by Gasteiger charge is 2.16. The van der Waals surface area contributed by atoms with Crippen molar-refractivity contribution in [2.45, 2.75) is 26.3 Å². The van der Waals surface area contributed by atoms with Gasteiger partial charge in [-0.1, -0.05) is 28.1 Å². The molecule has 21 heavy (non-hydrogen) atoms. The van der Waals surface area contributed by atoms with Crippen LogP contribution in [-0.2, 0) is 20.9 Å². The number of hydrogen-bond acceptors (Lipinski definition) is 3. The first kappa shape index (κ1) is 17.7. The van der Waals surface area contributed by atoms with Gasteiger partial charge in [0.2, 0.25) is 5.91 Å². The Morgan fingerprint density at radius 1 is 1.38 bits per heavy atom. The predicted molar refractivity (Wildman–Crippen MR) is 82.9 cm³/mol. The molecule has 0 fully saturated rings. The van der Waals surface area contributed by atoms with Gasteiger partial charge in [-0.2, -0.15) is 0 Å². The monoisotopic (exact) mass is 357 g/mol. The van der Waals surface area contributed by atoms with Crippen LogP contribution in [-0.4, -0.2) is 41.6 Å². The lowest BCUT2D eigenvalue weighted by molar-refractivity contribution is -0.145. The van der Waals surface area contributed by atoms with Crippen LogP contribution < -0.4 is 0 Å². The molecule has 0 atom stereocenters. The second-order valence-corrected chi connectivity index (χ2v) is 5.49. The van der Waals surface area contributed by atoms with E-state index in [-0.39, 0.29) is 12.5 Å². The van der Waals surface area contributed by atoms with Crippen molar-refractivity contribution >= 4 is 27.8 Å². The van der Waals surface area contributed by atoms with Crippen LogP contribution >= 0.6 is 15.9 Å². The van der Waals surface area contributed by atoms with Crippen LogP contribution in [0.2, 0.25) is 0 Å². The smallest absolute Gasteiger partial charge is 0.323 e. The first-order chi connectivity index (χ1) is 10.0. The maximum atomic E-state index is 12.1. The molecular weight excluding hydrogens is 338 g/mol. The normalized spacial score (nSPS) is 10.4. The van der Waals surface area contributed by atoms with Gasteiger partial charge < -0.3 is 14.7 Å². The van der Waals surface area contributed by atoms with Gasteiger partial charge in [0.1, 0.15) is 6.54 Å². The second-order valence-electron chi connectivity index (χ2n) is 4.57. The van der Waals surface area contributed by atoms with Crippen LogP contribution in [0.4, 0.5) is 0 Å². The number of carboxylic acid groups (broad SMARTS) is 1. The number of halogens is 1. The SMILES string of the molecule is CCOCCCC(=O)N(CC(=O)O)Cc1cccc(Br)c1. The van der Waals surface area contributed by atoms with Gasteiger partial charge in [-0.25, -0.2) is 0 Å². The molecule has 1 amide bonds. The number of ether oxygens (including phenoxy) is 1. The standard InChI is InChI=1S/C15H20BrNO4/c1-2-21-8-4-7-14(18)17(11-15(19)20)10-12-5-3-6-13(16)9-12/h3,5-6,9H,2,4,7-8,10-11H2,1H3,(H,19,20). The predicted octanol–water partition coefficient (Wildman–Crippen LogP) is 2.68. The third kappa shape index (κ3) is 7.24. The fourth-order valence-electron chi connectivity index (χ4n) is 1.88. The van der Waals surface area contributed by atoms with E-state index < -0.39 is 5.97 Å². The zero-order valence-electron chi connectivity index (χ0n) is 12.0. The number of aliphatic carboxylic acids is 1. The summed E-state index contributed by atoms with van der Waals surface area (Å²) in [6, 6.07) is 7.49. The third-order valence-electron chi connectivity index (χ3n) is 2.82. The van der Waals surface area contributed by atoms with Gasteiger partial charge in [0, 0.05) is 30.7 Å². The van der Waals surface area contributed by atoms with E-state index in [0.717, 1.165) is 10.0 Å². The van der Waals surface area contributed by atoms with Crippen LogP contribution in [0, 0.1) is 0 Å². The Balaban J connectivity index is 2.62. The van der Waals surface area contributed by atoms with E-state index in [9.17, 15) is 9.59 Å². The Labute approximate surface area is 133 Å². The molecule has 0 heterocycles. The van der Waals surface area contributed by atoms with Gasteiger partial charge in [0.05, 0.1) is 0 Å². The summed E-state index contributed by atoms with van der Waals surface area (Å²) in [6.45, 7) is 3.02. The van der Waals surface area contributed by atoms with Crippen molar-refractivity contribution in [2.75, 3.05) is 19.8 Å². The van der Waals surface area contributed by atoms with Crippen LogP contribution in [0.5, 0.6) is 0 Å². The molecule has 0 unspecified atom stereocenters. The molecule has 0 spiro atoms. The van der Waals surface area contributed by atoms with Gasteiger partial charge in [-0.05, 0) is 31.0 Å². The minimum atomic E-state index is -1.01. The number of hydrogen-bond donors (Lipinski definition) is 1. The van der Waals surface area contributed by atoms with Crippen molar-refractivity contribution in [3.8, 4) is 0 Å². The number of carbonyl (C=O) groups is 2. The quantitative estimate of drug-likeness (QED) is 0.690. The van der Waals surface area contributed by atoms with E-state index >= 15 is 0 Å². The number of rotatable bonds is 9. The summed E-state index contributed by atoms with van der Waals surface area (Å²) in [6.07, 6.45) is 0.891. The van der Waals surface area contributed by atoms with E-state index in [4.69, 9.17) is 9.84 Å². The zero-order chi connectivity index (χ0) is 15.7. The zero-order valence-corrected chi connectivity index (χ0v) is 13.6. The average Bonchev–Trinajstić information content (AvgIpc) is 2.42. The minimum Gasteiger partial charge on any atom is -0.480 e. The molecule has 1 aromatic carbocycles. The molecule has 116 valence electrons. The molecule has 0 aliphatic rings. The van der Waals surface area contributed by atoms with E-state index in [1.165, 1.54) is 4.90 Å². The molecule has 0 saturated heterocycles. The number of amides is 1. The van der Waals surface area contributed by atoms with Gasteiger partial charge in [0.15, 0.2) is 0 Å². The van der Waals surface area contributed by atoms with E-state index in [1.54, 1.807) is 0 Å². The highest BCUT2D eigenvalue weighted by Crippen LogP contribution is 2.14. The van der Waals surface area contributed by atoms with Crippen molar-refractivity contribution in [1.29, 1.82) is 0 Å². The molecule has 1 aromatic rings. The molecule has 0 bridgehead atoms. The molecule has 0 radical (unpaired) electrons. The molecule has 0 saturated carbocycles. The largest absolute Gasteiger partial charge is 0.480 e. The fourth-order valence-corrected chi connectivity index (χ4v) is 2.33. The lowest BCUT2D eigenvalue weighted by atomic mass is 10.2. The summed E-state index contributed by atoms with van der Waals surface area (Å²) in [5.74, 6) is -1.18. The minimum absolute atomic E-state index is 0.169. The maximum Gasteiger partial charge on any atom is 0.323 e. The van der Waals surface area contributed by atoms with Gasteiger partial charge >= 0.3 is 5.97 Å². The molecule has 0 aliphatic carbocycles. The molecule has 0 aliphatic heterocycles. The van der Waals surface area contributed by atoms with E-state index in [0.29, 0.717) is 32.6 Å². The fraction of sp³-hybridized carbons (Fsp3) is 0.467. The van der Waals surface area contributed by atoms with E-state index in [1.807, 2.05) is 31.2 Å². The first-order valence-electron chi connectivity index (χ1n) is 6.84. The number of benzene rings is 1. The lowest BCUT2D eigenvalue weighted by Gasteiger charge is -2.21. The Kier molecular flexibility index (Phi) is 8.00. The van der Waals surface area contributed by atoms with Crippen LogP contribution in [0.25, 0.3) is 0 Å². The number of carbonyl (C=O) groups excluding carboxylic acids is 1. The number of nitrogens with zero attached hydrogens (tertiary/aromatic N) is 1. The van der Waals surface area contributed by atoms with Crippen molar-refractivity contribution in [2.24, 2.45) is 0 Å². The van der Waals surface area contributed by atoms with Crippen LogP contribution in [0.15, 0.2) is 28.7 Å². The summed E-state index contributed by atoms with van der Waals surface area (Å²) in [5, 5.41) is 8.95. The average molecular weight is 358 g/mol. The maximum absolute atomic E-state index is 12.1. The highest BCUT2D eigenvalue weighted by atomic mass is 79.9. The van der Waals surface area contributed by atoms with Crippen LogP contribution in [0.1, 0.15) is 25.3 Å². The Bertz CT molecular complexity index is 478. The molecule has 0 aromatic heterocycles. The Morgan fingerprint density at radius 3 is 2.76 bits per heavy atom. The summed E-state index contributed by atoms with van der Waals surface area (Å²) in [5.41, 5.74) is 0.892. The first-order valence-corrected chi connectivity index (χ1v) is 7.64. The topological polar surface area (TPSA) is 66.8 Å². The lowest BCUT2D eigenvalue weighted by Crippen LogP contribution is -2.35. The van der Waals surface area contributed by atoms with Crippen LogP contribution in [0.3, 0.4) is 0 Å². The van der Waals surface area contributed by atoms with Crippen molar-refractivity contribution in [1.82, 2.24) is 4.90 Å². The third-order valence-corrected chi connectivity index (χ3v) is 3.32. The second kappa shape index (κ2) is 9.52.